The fraction of sp³-hybridized carbons (Fsp3) is 0.500. The molecule has 2 heterocycles. The van der Waals surface area contributed by atoms with Gasteiger partial charge in [-0.25, -0.2) is 9.13 Å². The van der Waals surface area contributed by atoms with Crippen LogP contribution in [-0.2, 0) is 16.1 Å². The quantitative estimate of drug-likeness (QED) is 0.531. The molecule has 0 aliphatic carbocycles. The summed E-state index contributed by atoms with van der Waals surface area (Å²) in [6.07, 6.45) is 11.1. The molecule has 0 amide bonds. The second kappa shape index (κ2) is 8.93. The summed E-state index contributed by atoms with van der Waals surface area (Å²) in [6, 6.07) is 8.80. The van der Waals surface area contributed by atoms with E-state index in [1.807, 2.05) is 13.8 Å². The number of aromatic nitrogens is 2. The second-order valence-electron chi connectivity index (χ2n) is 7.32. The minimum Gasteiger partial charge on any atom is -0.469 e. The van der Waals surface area contributed by atoms with Crippen LogP contribution in [0.25, 0.3) is 11.1 Å². The molecule has 0 fully saturated rings. The average molecular weight is 357 g/mol. The maximum Gasteiger partial charge on any atom is 0.311 e. The van der Waals surface area contributed by atoms with Gasteiger partial charge in [0.2, 0.25) is 0 Å². The molecule has 2 aromatic heterocycles. The standard InChI is InChI=1S/C22H32N2O2/c1-6-12-23-13-8-19(9-14-23)20-10-15-24(16-11-20)18(3)17-22(4,7-2)21(25)26-5/h8-11,13-16,18H,6-7,12,17H2,1-5H3/q+2. The molecule has 4 heteroatoms. The molecule has 0 N–H and O–H groups in total. The van der Waals surface area contributed by atoms with E-state index < -0.39 is 5.41 Å². The number of carbonyl (C=O) groups is 1. The Kier molecular flexibility index (Phi) is 6.90. The molecule has 2 unspecified atom stereocenters. The predicted octanol–water partition coefficient (Wildman–Crippen LogP) is 3.88. The van der Waals surface area contributed by atoms with Gasteiger partial charge < -0.3 is 4.74 Å². The van der Waals surface area contributed by atoms with Crippen LogP contribution in [0.4, 0.5) is 0 Å². The van der Waals surface area contributed by atoms with E-state index in [-0.39, 0.29) is 12.0 Å². The molecule has 2 atom stereocenters. The zero-order valence-electron chi connectivity index (χ0n) is 16.7. The Morgan fingerprint density at radius 1 is 1.08 bits per heavy atom. The number of carbonyl (C=O) groups excluding carboxylic acids is 1. The van der Waals surface area contributed by atoms with Crippen LogP contribution in [0, 0.1) is 5.41 Å². The van der Waals surface area contributed by atoms with Crippen molar-refractivity contribution in [1.29, 1.82) is 0 Å². The summed E-state index contributed by atoms with van der Waals surface area (Å²) in [5, 5.41) is 0. The molecule has 0 radical (unpaired) electrons. The maximum absolute atomic E-state index is 12.1. The van der Waals surface area contributed by atoms with E-state index in [4.69, 9.17) is 4.74 Å². The third kappa shape index (κ3) is 4.69. The van der Waals surface area contributed by atoms with Crippen molar-refractivity contribution >= 4 is 5.97 Å². The van der Waals surface area contributed by atoms with E-state index in [1.165, 1.54) is 18.2 Å². The van der Waals surface area contributed by atoms with Crippen LogP contribution in [0.2, 0.25) is 0 Å². The molecule has 0 spiro atoms. The van der Waals surface area contributed by atoms with Crippen LogP contribution in [0.15, 0.2) is 49.1 Å². The zero-order valence-corrected chi connectivity index (χ0v) is 16.7. The summed E-state index contributed by atoms with van der Waals surface area (Å²) in [5.41, 5.74) is 1.96. The zero-order chi connectivity index (χ0) is 19.2. The Hall–Kier alpha value is -2.23. The lowest BCUT2D eigenvalue weighted by Crippen LogP contribution is -2.42. The SMILES string of the molecule is CCC[n+]1ccc(-c2cc[n+](C(C)CC(C)(CC)C(=O)OC)cc2)cc1. The van der Waals surface area contributed by atoms with Crippen LogP contribution >= 0.6 is 0 Å². The van der Waals surface area contributed by atoms with Gasteiger partial charge in [0.05, 0.1) is 12.5 Å². The minimum absolute atomic E-state index is 0.131. The summed E-state index contributed by atoms with van der Waals surface area (Å²) < 4.78 is 9.37. The summed E-state index contributed by atoms with van der Waals surface area (Å²) in [4.78, 5) is 12.1. The van der Waals surface area contributed by atoms with E-state index in [0.29, 0.717) is 0 Å². The molecule has 26 heavy (non-hydrogen) atoms. The Morgan fingerprint density at radius 3 is 2.08 bits per heavy atom. The highest BCUT2D eigenvalue weighted by atomic mass is 16.5. The van der Waals surface area contributed by atoms with Crippen molar-refractivity contribution < 1.29 is 18.7 Å². The fourth-order valence-electron chi connectivity index (χ4n) is 3.36. The molecule has 0 saturated carbocycles. The summed E-state index contributed by atoms with van der Waals surface area (Å²) in [7, 11) is 1.47. The highest BCUT2D eigenvalue weighted by molar-refractivity contribution is 5.76. The van der Waals surface area contributed by atoms with Crippen LogP contribution in [0.5, 0.6) is 0 Å². The van der Waals surface area contributed by atoms with Crippen molar-refractivity contribution in [2.24, 2.45) is 5.41 Å². The van der Waals surface area contributed by atoms with Gasteiger partial charge >= 0.3 is 5.97 Å². The van der Waals surface area contributed by atoms with Crippen molar-refractivity contribution in [2.45, 2.75) is 59.5 Å². The highest BCUT2D eigenvalue weighted by Gasteiger charge is 2.36. The summed E-state index contributed by atoms with van der Waals surface area (Å²) in [6.45, 7) is 9.40. The number of esters is 1. The summed E-state index contributed by atoms with van der Waals surface area (Å²) in [5.74, 6) is -0.131. The van der Waals surface area contributed by atoms with Gasteiger partial charge in [-0.2, -0.15) is 0 Å². The van der Waals surface area contributed by atoms with Crippen molar-refractivity contribution in [1.82, 2.24) is 0 Å². The van der Waals surface area contributed by atoms with Crippen LogP contribution in [0.1, 0.15) is 53.0 Å². The molecule has 0 saturated heterocycles. The lowest BCUT2D eigenvalue weighted by atomic mass is 9.81. The third-order valence-electron chi connectivity index (χ3n) is 5.27. The smallest absolute Gasteiger partial charge is 0.311 e. The molecule has 0 aliphatic heterocycles. The first-order valence-corrected chi connectivity index (χ1v) is 9.52. The Balaban J connectivity index is 2.11. The molecule has 2 aromatic rings. The van der Waals surface area contributed by atoms with Gasteiger partial charge in [0.1, 0.15) is 6.54 Å². The number of hydrogen-bond acceptors (Lipinski definition) is 2. The van der Waals surface area contributed by atoms with Crippen molar-refractivity contribution in [2.75, 3.05) is 7.11 Å². The summed E-state index contributed by atoms with van der Waals surface area (Å²) >= 11 is 0. The van der Waals surface area contributed by atoms with E-state index in [2.05, 4.69) is 72.0 Å². The number of rotatable bonds is 8. The van der Waals surface area contributed by atoms with Crippen LogP contribution in [-0.4, -0.2) is 13.1 Å². The average Bonchev–Trinajstić information content (AvgIpc) is 2.68. The molecule has 0 aromatic carbocycles. The highest BCUT2D eigenvalue weighted by Crippen LogP contribution is 2.31. The fourth-order valence-corrected chi connectivity index (χ4v) is 3.36. The van der Waals surface area contributed by atoms with E-state index in [1.54, 1.807) is 0 Å². The van der Waals surface area contributed by atoms with E-state index in [0.717, 1.165) is 25.8 Å². The van der Waals surface area contributed by atoms with E-state index >= 15 is 0 Å². The van der Waals surface area contributed by atoms with Gasteiger partial charge in [-0.15, -0.1) is 0 Å². The topological polar surface area (TPSA) is 34.1 Å². The number of methoxy groups -OCH3 is 1. The van der Waals surface area contributed by atoms with Gasteiger partial charge in [0.25, 0.3) is 0 Å². The molecular weight excluding hydrogens is 324 g/mol. The first kappa shape index (κ1) is 20.1. The van der Waals surface area contributed by atoms with Gasteiger partial charge in [-0.1, -0.05) is 13.8 Å². The van der Waals surface area contributed by atoms with Gasteiger partial charge in [-0.05, 0) is 31.4 Å². The van der Waals surface area contributed by atoms with Crippen molar-refractivity contribution in [3.05, 3.63) is 49.1 Å². The second-order valence-corrected chi connectivity index (χ2v) is 7.32. The number of ether oxygens (including phenoxy) is 1. The Labute approximate surface area is 157 Å². The number of aryl methyl sites for hydroxylation is 1. The number of nitrogens with zero attached hydrogens (tertiary/aromatic N) is 2. The Bertz CT molecular complexity index is 710. The predicted molar refractivity (Wildman–Crippen MR) is 102 cm³/mol. The molecule has 0 aliphatic rings. The van der Waals surface area contributed by atoms with Crippen LogP contribution in [0.3, 0.4) is 0 Å². The monoisotopic (exact) mass is 356 g/mol. The van der Waals surface area contributed by atoms with Gasteiger partial charge in [0, 0.05) is 37.1 Å². The number of hydrogen-bond donors (Lipinski definition) is 0. The Morgan fingerprint density at radius 2 is 1.62 bits per heavy atom. The number of pyridine rings is 2. The van der Waals surface area contributed by atoms with Gasteiger partial charge in [-0.3, -0.25) is 4.79 Å². The normalized spacial score (nSPS) is 14.5. The lowest BCUT2D eigenvalue weighted by Gasteiger charge is -2.26. The lowest BCUT2D eigenvalue weighted by molar-refractivity contribution is -0.721. The molecule has 4 nitrogen and oxygen atoms in total. The van der Waals surface area contributed by atoms with Crippen molar-refractivity contribution in [3.63, 3.8) is 0 Å². The molecular formula is C22H32N2O2+2. The van der Waals surface area contributed by atoms with E-state index in [9.17, 15) is 4.79 Å². The largest absolute Gasteiger partial charge is 0.469 e. The first-order valence-electron chi connectivity index (χ1n) is 9.52. The third-order valence-corrected chi connectivity index (χ3v) is 5.27. The molecule has 2 rings (SSSR count). The van der Waals surface area contributed by atoms with Crippen molar-refractivity contribution in [3.8, 4) is 11.1 Å². The minimum atomic E-state index is -0.452. The van der Waals surface area contributed by atoms with Crippen LogP contribution < -0.4 is 9.13 Å². The molecule has 0 bridgehead atoms. The van der Waals surface area contributed by atoms with Gasteiger partial charge in [0.15, 0.2) is 30.8 Å². The maximum atomic E-state index is 12.1. The first-order chi connectivity index (χ1) is 12.4. The molecule has 140 valence electrons.